The van der Waals surface area contributed by atoms with E-state index < -0.39 is 11.8 Å². The number of hydrogen-bond acceptors (Lipinski definition) is 8. The summed E-state index contributed by atoms with van der Waals surface area (Å²) < 4.78 is 5.35. The third-order valence-corrected chi connectivity index (χ3v) is 6.97. The van der Waals surface area contributed by atoms with Gasteiger partial charge in [0.25, 0.3) is 11.8 Å². The van der Waals surface area contributed by atoms with Gasteiger partial charge in [0, 0.05) is 18.7 Å². The lowest BCUT2D eigenvalue weighted by molar-refractivity contribution is 0.0850. The van der Waals surface area contributed by atoms with E-state index in [9.17, 15) is 9.59 Å². The summed E-state index contributed by atoms with van der Waals surface area (Å²) in [5.41, 5.74) is 6.26. The highest BCUT2D eigenvalue weighted by Crippen LogP contribution is 2.31. The normalized spacial score (nSPS) is 13.9. The Morgan fingerprint density at radius 3 is 2.63 bits per heavy atom. The number of hydrazine groups is 1. The maximum absolute atomic E-state index is 12.5. The minimum absolute atomic E-state index is 0.361. The molecule has 8 nitrogen and oxygen atoms in total. The first kappa shape index (κ1) is 20.7. The average Bonchev–Trinajstić information content (AvgIpc) is 3.40. The molecule has 11 heteroatoms. The first-order valence-electron chi connectivity index (χ1n) is 9.14. The number of amides is 2. The number of aryl methyl sites for hydroxylation is 1. The summed E-state index contributed by atoms with van der Waals surface area (Å²) in [6.45, 7) is 4.53. The van der Waals surface area contributed by atoms with Crippen LogP contribution in [-0.2, 0) is 4.74 Å². The maximum atomic E-state index is 12.5. The maximum Gasteiger partial charge on any atom is 0.281 e. The monoisotopic (exact) mass is 463 g/mol. The third kappa shape index (κ3) is 4.46. The van der Waals surface area contributed by atoms with Crippen molar-refractivity contribution >= 4 is 51.2 Å². The molecule has 0 aliphatic carbocycles. The van der Waals surface area contributed by atoms with Crippen molar-refractivity contribution in [3.8, 4) is 10.6 Å². The molecule has 1 saturated heterocycles. The van der Waals surface area contributed by atoms with E-state index in [1.807, 2.05) is 18.2 Å². The van der Waals surface area contributed by atoms with Gasteiger partial charge in [-0.2, -0.15) is 0 Å². The number of aromatic nitrogens is 2. The number of hydrogen-bond donors (Lipinski definition) is 2. The van der Waals surface area contributed by atoms with E-state index in [1.165, 1.54) is 28.9 Å². The summed E-state index contributed by atoms with van der Waals surface area (Å²) in [7, 11) is 0. The summed E-state index contributed by atoms with van der Waals surface area (Å²) in [4.78, 5) is 36.6. The van der Waals surface area contributed by atoms with Gasteiger partial charge in [-0.25, -0.2) is 9.97 Å². The lowest BCUT2D eigenvalue weighted by Crippen LogP contribution is -2.41. The second-order valence-electron chi connectivity index (χ2n) is 6.43. The van der Waals surface area contributed by atoms with Gasteiger partial charge >= 0.3 is 0 Å². The molecule has 1 aliphatic heterocycles. The standard InChI is InChI=1S/C19H18ClN5O3S2/c1-11-15(30-19(22-11)25-6-8-28-9-7-25)17(27)24-23-16(26)14-10-21-18(29-14)12-4-2-3-5-13(12)20/h2-5,10H,6-9H2,1H3,(H,23,26)(H,24,27). The Bertz CT molecular complexity index is 1080. The van der Waals surface area contributed by atoms with Crippen LogP contribution in [-0.4, -0.2) is 48.1 Å². The van der Waals surface area contributed by atoms with Gasteiger partial charge < -0.3 is 9.64 Å². The predicted molar refractivity (Wildman–Crippen MR) is 117 cm³/mol. The van der Waals surface area contributed by atoms with Crippen LogP contribution in [0.15, 0.2) is 30.5 Å². The number of anilines is 1. The zero-order chi connectivity index (χ0) is 21.1. The number of thiazole rings is 2. The topological polar surface area (TPSA) is 96.5 Å². The van der Waals surface area contributed by atoms with E-state index in [0.29, 0.717) is 38.7 Å². The van der Waals surface area contributed by atoms with Crippen LogP contribution in [0.25, 0.3) is 10.6 Å². The highest BCUT2D eigenvalue weighted by Gasteiger charge is 2.21. The number of rotatable bonds is 4. The van der Waals surface area contributed by atoms with Crippen molar-refractivity contribution in [1.82, 2.24) is 20.8 Å². The van der Waals surface area contributed by atoms with E-state index in [-0.39, 0.29) is 0 Å². The van der Waals surface area contributed by atoms with Crippen molar-refractivity contribution in [2.45, 2.75) is 6.92 Å². The van der Waals surface area contributed by atoms with Gasteiger partial charge in [0.1, 0.15) is 14.8 Å². The van der Waals surface area contributed by atoms with Crippen molar-refractivity contribution in [1.29, 1.82) is 0 Å². The second-order valence-corrected chi connectivity index (χ2v) is 8.84. The van der Waals surface area contributed by atoms with E-state index in [1.54, 1.807) is 13.0 Å². The average molecular weight is 464 g/mol. The molecule has 1 aromatic carbocycles. The summed E-state index contributed by atoms with van der Waals surface area (Å²) in [5.74, 6) is -0.858. The summed E-state index contributed by atoms with van der Waals surface area (Å²) in [5, 5.41) is 1.97. The van der Waals surface area contributed by atoms with Crippen LogP contribution in [0.5, 0.6) is 0 Å². The Morgan fingerprint density at radius 2 is 1.87 bits per heavy atom. The number of carbonyl (C=O) groups is 2. The Labute approximate surface area is 185 Å². The molecule has 0 unspecified atom stereocenters. The van der Waals surface area contributed by atoms with Crippen LogP contribution in [0.1, 0.15) is 25.0 Å². The van der Waals surface area contributed by atoms with Crippen LogP contribution < -0.4 is 15.8 Å². The SMILES string of the molecule is Cc1nc(N2CCOCC2)sc1C(=O)NNC(=O)c1cnc(-c2ccccc2Cl)s1. The molecule has 0 radical (unpaired) electrons. The number of ether oxygens (including phenoxy) is 1. The van der Waals surface area contributed by atoms with Crippen LogP contribution in [0, 0.1) is 6.92 Å². The predicted octanol–water partition coefficient (Wildman–Crippen LogP) is 3.14. The van der Waals surface area contributed by atoms with Gasteiger partial charge in [-0.1, -0.05) is 41.1 Å². The molecule has 1 fully saturated rings. The lowest BCUT2D eigenvalue weighted by Gasteiger charge is -2.25. The highest BCUT2D eigenvalue weighted by molar-refractivity contribution is 7.17. The number of morpholine rings is 1. The number of halogens is 1. The molecule has 156 valence electrons. The van der Waals surface area contributed by atoms with Crippen molar-refractivity contribution in [2.24, 2.45) is 0 Å². The van der Waals surface area contributed by atoms with Gasteiger partial charge in [0.05, 0.1) is 30.1 Å². The van der Waals surface area contributed by atoms with Crippen LogP contribution in [0.3, 0.4) is 0 Å². The minimum atomic E-state index is -0.449. The van der Waals surface area contributed by atoms with Gasteiger partial charge in [-0.05, 0) is 13.0 Å². The van der Waals surface area contributed by atoms with Crippen LogP contribution in [0.4, 0.5) is 5.13 Å². The zero-order valence-corrected chi connectivity index (χ0v) is 18.4. The molecule has 3 aromatic rings. The highest BCUT2D eigenvalue weighted by atomic mass is 35.5. The van der Waals surface area contributed by atoms with Crippen LogP contribution >= 0.6 is 34.3 Å². The molecule has 1 aliphatic rings. The van der Waals surface area contributed by atoms with E-state index in [4.69, 9.17) is 16.3 Å². The minimum Gasteiger partial charge on any atom is -0.378 e. The van der Waals surface area contributed by atoms with Crippen molar-refractivity contribution in [3.05, 3.63) is 50.9 Å². The van der Waals surface area contributed by atoms with Gasteiger partial charge in [-0.15, -0.1) is 11.3 Å². The summed E-state index contributed by atoms with van der Waals surface area (Å²) in [6, 6.07) is 7.28. The number of nitrogens with zero attached hydrogens (tertiary/aromatic N) is 3. The van der Waals surface area contributed by atoms with Gasteiger partial charge in [-0.3, -0.25) is 20.4 Å². The molecular formula is C19H18ClN5O3S2. The first-order chi connectivity index (χ1) is 14.5. The van der Waals surface area contributed by atoms with Crippen molar-refractivity contribution < 1.29 is 14.3 Å². The van der Waals surface area contributed by atoms with Gasteiger partial charge in [0.15, 0.2) is 5.13 Å². The molecule has 0 spiro atoms. The Kier molecular flexibility index (Phi) is 6.28. The molecule has 0 bridgehead atoms. The van der Waals surface area contributed by atoms with E-state index in [0.717, 1.165) is 23.8 Å². The second kappa shape index (κ2) is 9.09. The third-order valence-electron chi connectivity index (χ3n) is 4.40. The fraction of sp³-hybridized carbons (Fsp3) is 0.263. The Balaban J connectivity index is 1.39. The molecule has 2 aromatic heterocycles. The largest absolute Gasteiger partial charge is 0.378 e. The molecule has 3 heterocycles. The fourth-order valence-corrected chi connectivity index (χ4v) is 5.00. The number of benzene rings is 1. The summed E-state index contributed by atoms with van der Waals surface area (Å²) >= 11 is 8.68. The molecule has 2 amide bonds. The molecule has 0 atom stereocenters. The molecule has 30 heavy (non-hydrogen) atoms. The fourth-order valence-electron chi connectivity index (χ4n) is 2.85. The number of carbonyl (C=O) groups excluding carboxylic acids is 2. The lowest BCUT2D eigenvalue weighted by atomic mass is 10.2. The molecular weight excluding hydrogens is 446 g/mol. The van der Waals surface area contributed by atoms with E-state index in [2.05, 4.69) is 25.7 Å². The quantitative estimate of drug-likeness (QED) is 0.577. The summed E-state index contributed by atoms with van der Waals surface area (Å²) in [6.07, 6.45) is 1.46. The zero-order valence-electron chi connectivity index (χ0n) is 16.0. The van der Waals surface area contributed by atoms with Crippen molar-refractivity contribution in [2.75, 3.05) is 31.2 Å². The number of nitrogens with one attached hydrogen (secondary N) is 2. The smallest absolute Gasteiger partial charge is 0.281 e. The first-order valence-corrected chi connectivity index (χ1v) is 11.2. The van der Waals surface area contributed by atoms with Crippen molar-refractivity contribution in [3.63, 3.8) is 0 Å². The molecule has 2 N–H and O–H groups in total. The molecule has 0 saturated carbocycles. The molecule has 4 rings (SSSR count). The Morgan fingerprint density at radius 1 is 1.13 bits per heavy atom. The van der Waals surface area contributed by atoms with E-state index >= 15 is 0 Å². The van der Waals surface area contributed by atoms with Crippen LogP contribution in [0.2, 0.25) is 5.02 Å². The Hall–Kier alpha value is -2.53. The van der Waals surface area contributed by atoms with Gasteiger partial charge in [0.2, 0.25) is 0 Å².